The van der Waals surface area contributed by atoms with E-state index in [0.717, 1.165) is 22.7 Å². The first-order valence-corrected chi connectivity index (χ1v) is 21.7. The van der Waals surface area contributed by atoms with Gasteiger partial charge in [0.15, 0.2) is 0 Å². The Hall–Kier alpha value is -4.58. The monoisotopic (exact) mass is 849 g/mol. The van der Waals surface area contributed by atoms with Crippen molar-refractivity contribution < 1.29 is 58.5 Å². The number of hydrogen-bond acceptors (Lipinski definition) is 10. The summed E-state index contributed by atoms with van der Waals surface area (Å²) in [6.07, 6.45) is 7.86. The molecule has 2 amide bonds. The van der Waals surface area contributed by atoms with Crippen LogP contribution in [0.25, 0.3) is 17.0 Å². The van der Waals surface area contributed by atoms with Crippen molar-refractivity contribution in [3.05, 3.63) is 89.3 Å². The first-order chi connectivity index (χ1) is 26.5. The molecule has 0 bridgehead atoms. The molecular formula is C41H53F2N3O10S2. The Morgan fingerprint density at radius 1 is 0.931 bits per heavy atom. The quantitative estimate of drug-likeness (QED) is 0.0573. The highest BCUT2D eigenvalue weighted by atomic mass is 32.2. The van der Waals surface area contributed by atoms with Crippen LogP contribution in [0.3, 0.4) is 0 Å². The number of carbonyl (C=O) groups is 3. The molecule has 1 atom stereocenters. The molecule has 1 unspecified atom stereocenters. The largest absolute Gasteiger partial charge is 0.748 e. The molecule has 0 saturated carbocycles. The summed E-state index contributed by atoms with van der Waals surface area (Å²) in [4.78, 5) is 42.7. The molecule has 318 valence electrons. The number of allylic oxidation sites excluding steroid dienone is 3. The highest BCUT2D eigenvalue weighted by Crippen LogP contribution is 2.52. The van der Waals surface area contributed by atoms with Gasteiger partial charge in [0.25, 0.3) is 21.9 Å². The van der Waals surface area contributed by atoms with Crippen LogP contribution in [0.5, 0.6) is 0 Å². The van der Waals surface area contributed by atoms with Crippen LogP contribution in [0.1, 0.15) is 104 Å². The van der Waals surface area contributed by atoms with E-state index >= 15 is 4.39 Å². The second-order valence-corrected chi connectivity index (χ2v) is 17.3. The van der Waals surface area contributed by atoms with Gasteiger partial charge in [0.1, 0.15) is 18.2 Å². The minimum Gasteiger partial charge on any atom is -0.748 e. The fourth-order valence-electron chi connectivity index (χ4n) is 7.39. The zero-order valence-electron chi connectivity index (χ0n) is 31.0. The SMILES string of the molecule is C.C.CC1(CCCCS(=O)(=O)O)C(=CC=Cc2ccc3ccccc3[n+]2CCCCS(=O)(=O)[O-])N(CCCCCC(=O)ON2C(=O)CCC2=O)c2cc(F)cc(F)c21. The number of para-hydroxylation sites is 1. The molecule has 2 aromatic carbocycles. The number of pyridine rings is 1. The lowest BCUT2D eigenvalue weighted by Crippen LogP contribution is -2.38. The number of imide groups is 1. The van der Waals surface area contributed by atoms with Crippen LogP contribution in [0.15, 0.2) is 66.4 Å². The Labute approximate surface area is 339 Å². The van der Waals surface area contributed by atoms with Crippen molar-refractivity contribution in [2.24, 2.45) is 0 Å². The number of unbranched alkanes of at least 4 members (excludes halogenated alkanes) is 4. The van der Waals surface area contributed by atoms with Crippen molar-refractivity contribution in [2.45, 2.75) is 104 Å². The normalized spacial score (nSPS) is 17.6. The summed E-state index contributed by atoms with van der Waals surface area (Å²) in [5.74, 6) is -4.38. The Bertz CT molecular complexity index is 2250. The number of rotatable bonds is 19. The fraction of sp³-hybridized carbons (Fsp3) is 0.463. The number of amides is 2. The smallest absolute Gasteiger partial charge is 0.333 e. The van der Waals surface area contributed by atoms with Gasteiger partial charge in [-0.1, -0.05) is 45.9 Å². The molecule has 0 spiro atoms. The van der Waals surface area contributed by atoms with Gasteiger partial charge in [0.05, 0.1) is 21.6 Å². The highest BCUT2D eigenvalue weighted by Gasteiger charge is 2.45. The molecule has 3 aromatic rings. The van der Waals surface area contributed by atoms with Crippen LogP contribution < -0.4 is 9.47 Å². The summed E-state index contributed by atoms with van der Waals surface area (Å²) in [5, 5.41) is 1.44. The van der Waals surface area contributed by atoms with Crippen LogP contribution in [0.2, 0.25) is 0 Å². The number of aryl methyl sites for hydroxylation is 1. The van der Waals surface area contributed by atoms with E-state index in [1.165, 1.54) is 6.07 Å². The zero-order chi connectivity index (χ0) is 40.7. The van der Waals surface area contributed by atoms with E-state index in [-0.39, 0.29) is 71.9 Å². The molecule has 17 heteroatoms. The summed E-state index contributed by atoms with van der Waals surface area (Å²) >= 11 is 0. The van der Waals surface area contributed by atoms with Gasteiger partial charge < -0.3 is 14.3 Å². The van der Waals surface area contributed by atoms with E-state index in [0.29, 0.717) is 48.7 Å². The van der Waals surface area contributed by atoms with E-state index in [1.54, 1.807) is 19.1 Å². The number of nitrogens with zero attached hydrogens (tertiary/aromatic N) is 3. The number of benzene rings is 2. The van der Waals surface area contributed by atoms with Gasteiger partial charge in [-0.25, -0.2) is 22.0 Å². The Morgan fingerprint density at radius 3 is 2.31 bits per heavy atom. The molecule has 5 rings (SSSR count). The van der Waals surface area contributed by atoms with Crippen LogP contribution in [-0.4, -0.2) is 66.8 Å². The van der Waals surface area contributed by atoms with Crippen molar-refractivity contribution >= 4 is 60.7 Å². The van der Waals surface area contributed by atoms with Gasteiger partial charge in [-0.05, 0) is 63.3 Å². The molecule has 0 radical (unpaired) electrons. The summed E-state index contributed by atoms with van der Waals surface area (Å²) in [7, 11) is -8.59. The van der Waals surface area contributed by atoms with E-state index in [4.69, 9.17) is 4.84 Å². The molecule has 1 aromatic heterocycles. The lowest BCUT2D eigenvalue weighted by atomic mass is 9.77. The maximum absolute atomic E-state index is 15.8. The zero-order valence-corrected chi connectivity index (χ0v) is 32.6. The van der Waals surface area contributed by atoms with Crippen molar-refractivity contribution in [3.8, 4) is 0 Å². The Balaban J connectivity index is 0.00000450. The number of hydrogen-bond donors (Lipinski definition) is 1. The molecule has 13 nitrogen and oxygen atoms in total. The number of hydroxylamine groups is 2. The van der Waals surface area contributed by atoms with Crippen molar-refractivity contribution in [1.82, 2.24) is 5.06 Å². The number of carbonyl (C=O) groups excluding carboxylic acids is 3. The summed E-state index contributed by atoms with van der Waals surface area (Å²) in [6, 6.07) is 13.5. The average molecular weight is 850 g/mol. The van der Waals surface area contributed by atoms with Crippen LogP contribution in [0, 0.1) is 11.6 Å². The summed E-state index contributed by atoms with van der Waals surface area (Å²) < 4.78 is 98.6. The lowest BCUT2D eigenvalue weighted by molar-refractivity contribution is -0.673. The second-order valence-electron chi connectivity index (χ2n) is 14.2. The predicted octanol–water partition coefficient (Wildman–Crippen LogP) is 6.90. The highest BCUT2D eigenvalue weighted by molar-refractivity contribution is 7.85. The predicted molar refractivity (Wildman–Crippen MR) is 215 cm³/mol. The third-order valence-electron chi connectivity index (χ3n) is 10.0. The maximum atomic E-state index is 15.8. The molecular weight excluding hydrogens is 797 g/mol. The molecule has 2 aliphatic heterocycles. The van der Waals surface area contributed by atoms with Gasteiger partial charge in [-0.15, -0.1) is 5.06 Å². The number of fused-ring (bicyclic) bond motifs is 2. The number of halogens is 2. The second kappa shape index (κ2) is 20.4. The van der Waals surface area contributed by atoms with Gasteiger partial charge >= 0.3 is 5.97 Å². The summed E-state index contributed by atoms with van der Waals surface area (Å²) in [5.41, 5.74) is 1.73. The molecule has 2 aliphatic rings. The third-order valence-corrected chi connectivity index (χ3v) is 11.6. The molecule has 0 aliphatic carbocycles. The van der Waals surface area contributed by atoms with Crippen LogP contribution >= 0.6 is 0 Å². The maximum Gasteiger partial charge on any atom is 0.333 e. The molecule has 1 saturated heterocycles. The van der Waals surface area contributed by atoms with Crippen molar-refractivity contribution in [1.29, 1.82) is 0 Å². The Morgan fingerprint density at radius 2 is 1.62 bits per heavy atom. The topological polar surface area (TPSA) is 182 Å². The molecule has 1 N–H and O–H groups in total. The van der Waals surface area contributed by atoms with E-state index in [2.05, 4.69) is 0 Å². The first-order valence-electron chi connectivity index (χ1n) is 18.5. The van der Waals surface area contributed by atoms with Crippen molar-refractivity contribution in [2.75, 3.05) is 23.0 Å². The van der Waals surface area contributed by atoms with Gasteiger partial charge in [-0.3, -0.25) is 14.1 Å². The van der Waals surface area contributed by atoms with E-state index in [1.807, 2.05) is 51.9 Å². The first kappa shape index (κ1) is 47.8. The molecule has 3 heterocycles. The minimum absolute atomic E-state index is 0. The number of anilines is 1. The fourth-order valence-corrected chi connectivity index (χ4v) is 8.51. The Kier molecular flexibility index (Phi) is 16.8. The lowest BCUT2D eigenvalue weighted by Gasteiger charge is -2.30. The molecule has 1 fully saturated rings. The number of aromatic nitrogens is 1. The average Bonchev–Trinajstić information content (AvgIpc) is 3.55. The van der Waals surface area contributed by atoms with Gasteiger partial charge in [0, 0.05) is 84.3 Å². The van der Waals surface area contributed by atoms with Crippen LogP contribution in [0.4, 0.5) is 14.5 Å². The van der Waals surface area contributed by atoms with Crippen LogP contribution in [-0.2, 0) is 51.4 Å². The molecule has 58 heavy (non-hydrogen) atoms. The minimum atomic E-state index is -4.36. The standard InChI is InChI=1S/C39H45F2N3O10S2.2CH4/c1-39(21-6-9-24-55(48,49)50)34(15-11-13-30-18-17-28-12-4-5-14-32(28)42(30)22-8-10-25-56(51,52)53)43(33-27-29(40)26-31(41)38(33)39)23-7-2-3-16-37(47)54-44-35(45)19-20-36(44)46;;/h4-5,11-15,17-18,26-27H,2-3,6-10,16,19-25H2,1H3,(H-,48,49,50,51,52,53);2*1H4. The summed E-state index contributed by atoms with van der Waals surface area (Å²) in [6.45, 7) is 2.50. The van der Waals surface area contributed by atoms with E-state index in [9.17, 15) is 44.7 Å². The van der Waals surface area contributed by atoms with Gasteiger partial charge in [-0.2, -0.15) is 13.0 Å². The van der Waals surface area contributed by atoms with Crippen molar-refractivity contribution in [3.63, 3.8) is 0 Å². The van der Waals surface area contributed by atoms with Gasteiger partial charge in [0.2, 0.25) is 11.2 Å². The third kappa shape index (κ3) is 12.2. The van der Waals surface area contributed by atoms with E-state index < -0.39 is 66.6 Å².